The van der Waals surface area contributed by atoms with Gasteiger partial charge in [-0.05, 0) is 37.5 Å². The average molecular weight is 236 g/mol. The van der Waals surface area contributed by atoms with Gasteiger partial charge < -0.3 is 11.1 Å². The molecule has 0 aliphatic heterocycles. The molecule has 96 valence electrons. The number of fused-ring (bicyclic) bond motifs is 1. The summed E-state index contributed by atoms with van der Waals surface area (Å²) < 4.78 is 0. The first-order chi connectivity index (χ1) is 8.27. The van der Waals surface area contributed by atoms with Gasteiger partial charge >= 0.3 is 0 Å². The smallest absolute Gasteiger partial charge is 0.223 e. The molecule has 17 heavy (non-hydrogen) atoms. The molecular formula is C14H24N2O. The standard InChI is InChI=1S/C14H24N2O/c15-11-7-3-4-8-12(11)16-14(17)13-9-5-1-2-6-10(9)13/h9-13H,1-8,15H2,(H,16,17). The second-order valence-electron chi connectivity index (χ2n) is 6.20. The Hall–Kier alpha value is -0.570. The zero-order chi connectivity index (χ0) is 11.8. The van der Waals surface area contributed by atoms with Crippen LogP contribution in [-0.2, 0) is 4.79 Å². The van der Waals surface area contributed by atoms with E-state index in [1.54, 1.807) is 0 Å². The molecule has 4 atom stereocenters. The number of hydrogen-bond donors (Lipinski definition) is 2. The summed E-state index contributed by atoms with van der Waals surface area (Å²) in [5, 5.41) is 3.22. The predicted octanol–water partition coefficient (Wildman–Crippen LogP) is 1.81. The zero-order valence-corrected chi connectivity index (χ0v) is 10.5. The third-order valence-electron chi connectivity index (χ3n) is 5.11. The maximum absolute atomic E-state index is 12.2. The number of nitrogens with one attached hydrogen (secondary N) is 1. The summed E-state index contributed by atoms with van der Waals surface area (Å²) in [5.41, 5.74) is 6.08. The van der Waals surface area contributed by atoms with E-state index < -0.39 is 0 Å². The molecule has 0 spiro atoms. The molecule has 3 aliphatic carbocycles. The minimum atomic E-state index is 0.188. The molecule has 0 bridgehead atoms. The number of rotatable bonds is 2. The Morgan fingerprint density at radius 1 is 0.941 bits per heavy atom. The van der Waals surface area contributed by atoms with Crippen LogP contribution in [0.5, 0.6) is 0 Å². The lowest BCUT2D eigenvalue weighted by Crippen LogP contribution is -2.49. The number of nitrogens with two attached hydrogens (primary N) is 1. The number of carbonyl (C=O) groups excluding carboxylic acids is 1. The highest BCUT2D eigenvalue weighted by Gasteiger charge is 2.54. The molecule has 0 aromatic rings. The summed E-state index contributed by atoms with van der Waals surface area (Å²) in [7, 11) is 0. The molecule has 3 nitrogen and oxygen atoms in total. The molecule has 3 saturated carbocycles. The topological polar surface area (TPSA) is 55.1 Å². The minimum Gasteiger partial charge on any atom is -0.352 e. The lowest BCUT2D eigenvalue weighted by Gasteiger charge is -2.29. The van der Waals surface area contributed by atoms with Gasteiger partial charge in [-0.2, -0.15) is 0 Å². The first-order valence-electron chi connectivity index (χ1n) is 7.33. The van der Waals surface area contributed by atoms with Crippen LogP contribution in [0.4, 0.5) is 0 Å². The van der Waals surface area contributed by atoms with E-state index in [1.807, 2.05) is 0 Å². The van der Waals surface area contributed by atoms with E-state index >= 15 is 0 Å². The van der Waals surface area contributed by atoms with Gasteiger partial charge in [-0.25, -0.2) is 0 Å². The van der Waals surface area contributed by atoms with Crippen molar-refractivity contribution in [3.8, 4) is 0 Å². The van der Waals surface area contributed by atoms with Crippen molar-refractivity contribution >= 4 is 5.91 Å². The molecule has 0 aromatic carbocycles. The van der Waals surface area contributed by atoms with Crippen LogP contribution < -0.4 is 11.1 Å². The lowest BCUT2D eigenvalue weighted by molar-refractivity contribution is -0.123. The average Bonchev–Trinajstić information content (AvgIpc) is 3.06. The van der Waals surface area contributed by atoms with Crippen molar-refractivity contribution in [3.05, 3.63) is 0 Å². The molecule has 3 aliphatic rings. The van der Waals surface area contributed by atoms with Crippen molar-refractivity contribution < 1.29 is 4.79 Å². The number of hydrogen-bond acceptors (Lipinski definition) is 2. The monoisotopic (exact) mass is 236 g/mol. The molecule has 3 rings (SSSR count). The summed E-state index contributed by atoms with van der Waals surface area (Å²) in [6.07, 6.45) is 9.80. The summed E-state index contributed by atoms with van der Waals surface area (Å²) in [5.74, 6) is 2.07. The van der Waals surface area contributed by atoms with Gasteiger partial charge in [-0.1, -0.05) is 25.7 Å². The normalized spacial score (nSPS) is 44.9. The van der Waals surface area contributed by atoms with Gasteiger partial charge in [0.15, 0.2) is 0 Å². The molecule has 0 aromatic heterocycles. The first-order valence-corrected chi connectivity index (χ1v) is 7.33. The molecule has 4 unspecified atom stereocenters. The second-order valence-corrected chi connectivity index (χ2v) is 6.20. The van der Waals surface area contributed by atoms with Crippen molar-refractivity contribution in [2.45, 2.75) is 63.5 Å². The van der Waals surface area contributed by atoms with Gasteiger partial charge in [-0.15, -0.1) is 0 Å². The second kappa shape index (κ2) is 4.60. The van der Waals surface area contributed by atoms with Crippen molar-refractivity contribution in [3.63, 3.8) is 0 Å². The molecule has 3 heteroatoms. The number of carbonyl (C=O) groups is 1. The highest BCUT2D eigenvalue weighted by atomic mass is 16.2. The molecule has 0 heterocycles. The number of amides is 1. The SMILES string of the molecule is NC1CCCCC1NC(=O)C1C2CCCCC21. The quantitative estimate of drug-likeness (QED) is 0.768. The van der Waals surface area contributed by atoms with E-state index in [-0.39, 0.29) is 12.1 Å². The van der Waals surface area contributed by atoms with E-state index in [1.165, 1.54) is 38.5 Å². The molecule has 1 amide bonds. The highest BCUT2D eigenvalue weighted by molar-refractivity contribution is 5.82. The van der Waals surface area contributed by atoms with Gasteiger partial charge in [0.05, 0.1) is 0 Å². The van der Waals surface area contributed by atoms with E-state index in [0.29, 0.717) is 23.7 Å². The van der Waals surface area contributed by atoms with Crippen LogP contribution in [0.15, 0.2) is 0 Å². The highest BCUT2D eigenvalue weighted by Crippen LogP contribution is 2.55. The zero-order valence-electron chi connectivity index (χ0n) is 10.5. The first kappa shape index (κ1) is 11.5. The van der Waals surface area contributed by atoms with Crippen LogP contribution in [0.1, 0.15) is 51.4 Å². The van der Waals surface area contributed by atoms with Gasteiger partial charge in [0.25, 0.3) is 0 Å². The van der Waals surface area contributed by atoms with E-state index in [9.17, 15) is 4.79 Å². The predicted molar refractivity (Wildman–Crippen MR) is 67.3 cm³/mol. The third kappa shape index (κ3) is 2.22. The molecule has 3 fully saturated rings. The molecule has 3 N–H and O–H groups in total. The van der Waals surface area contributed by atoms with Crippen molar-refractivity contribution in [1.29, 1.82) is 0 Å². The van der Waals surface area contributed by atoms with Gasteiger partial charge in [0.2, 0.25) is 5.91 Å². The van der Waals surface area contributed by atoms with E-state index in [2.05, 4.69) is 5.32 Å². The molecule has 0 radical (unpaired) electrons. The van der Waals surface area contributed by atoms with E-state index in [4.69, 9.17) is 5.73 Å². The summed E-state index contributed by atoms with van der Waals surface area (Å²) >= 11 is 0. The lowest BCUT2D eigenvalue weighted by atomic mass is 9.91. The fourth-order valence-corrected chi connectivity index (χ4v) is 4.00. The minimum absolute atomic E-state index is 0.188. The van der Waals surface area contributed by atoms with Crippen LogP contribution in [0, 0.1) is 17.8 Å². The Labute approximate surface area is 104 Å². The summed E-state index contributed by atoms with van der Waals surface area (Å²) in [6, 6.07) is 0.437. The third-order valence-corrected chi connectivity index (χ3v) is 5.11. The molecular weight excluding hydrogens is 212 g/mol. The van der Waals surface area contributed by atoms with Gasteiger partial charge in [0.1, 0.15) is 0 Å². The maximum atomic E-state index is 12.2. The van der Waals surface area contributed by atoms with E-state index in [0.717, 1.165) is 12.8 Å². The van der Waals surface area contributed by atoms with Crippen molar-refractivity contribution in [1.82, 2.24) is 5.32 Å². The fraction of sp³-hybridized carbons (Fsp3) is 0.929. The maximum Gasteiger partial charge on any atom is 0.223 e. The van der Waals surface area contributed by atoms with Crippen LogP contribution in [-0.4, -0.2) is 18.0 Å². The Bertz CT molecular complexity index is 293. The Kier molecular flexibility index (Phi) is 3.12. The van der Waals surface area contributed by atoms with Crippen molar-refractivity contribution in [2.75, 3.05) is 0 Å². The summed E-state index contributed by atoms with van der Waals surface area (Å²) in [4.78, 5) is 12.2. The van der Waals surface area contributed by atoms with Crippen LogP contribution >= 0.6 is 0 Å². The largest absolute Gasteiger partial charge is 0.352 e. The fourth-order valence-electron chi connectivity index (χ4n) is 4.00. The van der Waals surface area contributed by atoms with Crippen molar-refractivity contribution in [2.24, 2.45) is 23.5 Å². The van der Waals surface area contributed by atoms with Crippen LogP contribution in [0.25, 0.3) is 0 Å². The van der Waals surface area contributed by atoms with Gasteiger partial charge in [-0.3, -0.25) is 4.79 Å². The van der Waals surface area contributed by atoms with Gasteiger partial charge in [0, 0.05) is 18.0 Å². The Morgan fingerprint density at radius 2 is 1.53 bits per heavy atom. The Morgan fingerprint density at radius 3 is 2.18 bits per heavy atom. The Balaban J connectivity index is 1.53. The summed E-state index contributed by atoms with van der Waals surface area (Å²) in [6.45, 7) is 0. The van der Waals surface area contributed by atoms with Crippen LogP contribution in [0.3, 0.4) is 0 Å². The molecule has 0 saturated heterocycles. The van der Waals surface area contributed by atoms with Crippen LogP contribution in [0.2, 0.25) is 0 Å².